The van der Waals surface area contributed by atoms with Gasteiger partial charge in [0.25, 0.3) is 0 Å². The number of aliphatic hydroxyl groups excluding tert-OH is 2. The van der Waals surface area contributed by atoms with Crippen molar-refractivity contribution in [3.63, 3.8) is 0 Å². The third-order valence-electron chi connectivity index (χ3n) is 11.8. The van der Waals surface area contributed by atoms with E-state index in [2.05, 4.69) is 37.5 Å². The van der Waals surface area contributed by atoms with Gasteiger partial charge in [-0.2, -0.15) is 0 Å². The van der Waals surface area contributed by atoms with Crippen LogP contribution in [0.15, 0.2) is 0 Å². The number of rotatable bonds is 4. The predicted octanol–water partition coefficient (Wildman–Crippen LogP) is 4.54. The number of likely N-dealkylation sites (tertiary alicyclic amines) is 1. The van der Waals surface area contributed by atoms with Gasteiger partial charge in [-0.1, -0.05) is 34.1 Å². The first-order chi connectivity index (χ1) is 15.3. The van der Waals surface area contributed by atoms with Crippen LogP contribution in [0.5, 0.6) is 0 Å². The van der Waals surface area contributed by atoms with E-state index in [-0.39, 0.29) is 17.6 Å². The summed E-state index contributed by atoms with van der Waals surface area (Å²) >= 11 is 0. The molecule has 1 aliphatic heterocycles. The molecule has 0 aromatic rings. The molecule has 4 saturated carbocycles. The minimum atomic E-state index is -0.173. The van der Waals surface area contributed by atoms with Crippen LogP contribution in [0.4, 0.5) is 0 Å². The molecule has 4 aliphatic carbocycles. The van der Waals surface area contributed by atoms with Gasteiger partial charge in [0.15, 0.2) is 0 Å². The van der Waals surface area contributed by atoms with Crippen LogP contribution in [0.2, 0.25) is 0 Å². The van der Waals surface area contributed by atoms with Crippen molar-refractivity contribution >= 4 is 0 Å². The second-order valence-electron chi connectivity index (χ2n) is 12.8. The van der Waals surface area contributed by atoms with Crippen molar-refractivity contribution in [1.82, 2.24) is 9.80 Å². The Labute approximate surface area is 197 Å². The molecule has 0 spiro atoms. The summed E-state index contributed by atoms with van der Waals surface area (Å²) in [7, 11) is 0. The third kappa shape index (κ3) is 3.53. The Kier molecular flexibility index (Phi) is 6.49. The van der Waals surface area contributed by atoms with Gasteiger partial charge in [0.2, 0.25) is 0 Å². The Balaban J connectivity index is 1.39. The highest BCUT2D eigenvalue weighted by Crippen LogP contribution is 2.66. The van der Waals surface area contributed by atoms with Crippen molar-refractivity contribution in [3.05, 3.63) is 0 Å². The molecular formula is C28H50N2O2. The smallest absolute Gasteiger partial charge is 0.0751 e. The predicted molar refractivity (Wildman–Crippen MR) is 130 cm³/mol. The molecule has 5 fully saturated rings. The van der Waals surface area contributed by atoms with Gasteiger partial charge in [-0.3, -0.25) is 9.80 Å². The Hall–Kier alpha value is -0.160. The Morgan fingerprint density at radius 1 is 0.875 bits per heavy atom. The molecule has 5 aliphatic rings. The van der Waals surface area contributed by atoms with E-state index < -0.39 is 0 Å². The van der Waals surface area contributed by atoms with Gasteiger partial charge < -0.3 is 10.2 Å². The van der Waals surface area contributed by atoms with Gasteiger partial charge in [-0.05, 0) is 118 Å². The van der Waals surface area contributed by atoms with E-state index in [1.54, 1.807) is 0 Å². The fourth-order valence-electron chi connectivity index (χ4n) is 9.93. The summed E-state index contributed by atoms with van der Waals surface area (Å²) in [5.74, 6) is 2.90. The average Bonchev–Trinajstić information content (AvgIpc) is 3.06. The minimum absolute atomic E-state index is 0.0953. The van der Waals surface area contributed by atoms with Crippen LogP contribution in [0.25, 0.3) is 0 Å². The Morgan fingerprint density at radius 3 is 2.28 bits per heavy atom. The molecule has 0 radical (unpaired) electrons. The number of hydrogen-bond donors (Lipinski definition) is 2. The van der Waals surface area contributed by atoms with Crippen LogP contribution in [-0.2, 0) is 0 Å². The highest BCUT2D eigenvalue weighted by molar-refractivity contribution is 5.14. The molecule has 1 saturated heterocycles. The van der Waals surface area contributed by atoms with Crippen LogP contribution in [0.1, 0.15) is 91.9 Å². The fourth-order valence-corrected chi connectivity index (χ4v) is 9.93. The van der Waals surface area contributed by atoms with E-state index in [0.29, 0.717) is 29.3 Å². The number of likely N-dealkylation sites (N-methyl/N-ethyl adjacent to an activating group) is 1. The maximum absolute atomic E-state index is 11.5. The lowest BCUT2D eigenvalue weighted by Gasteiger charge is -2.62. The maximum Gasteiger partial charge on any atom is 0.0751 e. The second-order valence-corrected chi connectivity index (χ2v) is 12.8. The molecule has 0 aromatic heterocycles. The number of nitrogens with zero attached hydrogens (tertiary/aromatic N) is 2. The van der Waals surface area contributed by atoms with E-state index in [4.69, 9.17) is 0 Å². The zero-order chi connectivity index (χ0) is 22.7. The molecular weight excluding hydrogens is 396 g/mol. The lowest BCUT2D eigenvalue weighted by Crippen LogP contribution is -2.60. The van der Waals surface area contributed by atoms with Crippen LogP contribution in [0.3, 0.4) is 0 Å². The van der Waals surface area contributed by atoms with Crippen molar-refractivity contribution in [2.45, 2.75) is 116 Å². The minimum Gasteiger partial charge on any atom is -0.391 e. The summed E-state index contributed by atoms with van der Waals surface area (Å²) in [6, 6.07) is 0.722. The zero-order valence-corrected chi connectivity index (χ0v) is 21.3. The van der Waals surface area contributed by atoms with Crippen molar-refractivity contribution in [2.24, 2.45) is 34.5 Å². The van der Waals surface area contributed by atoms with E-state index >= 15 is 0 Å². The van der Waals surface area contributed by atoms with Gasteiger partial charge >= 0.3 is 0 Å². The number of fused-ring (bicyclic) bond motifs is 5. The molecule has 2 N–H and O–H groups in total. The Morgan fingerprint density at radius 2 is 1.59 bits per heavy atom. The highest BCUT2D eigenvalue weighted by atomic mass is 16.3. The van der Waals surface area contributed by atoms with Gasteiger partial charge in [-0.25, -0.2) is 0 Å². The molecule has 1 heterocycles. The first-order valence-corrected chi connectivity index (χ1v) is 14.2. The summed E-state index contributed by atoms with van der Waals surface area (Å²) in [6.07, 6.45) is 12.2. The van der Waals surface area contributed by atoms with Crippen LogP contribution in [0, 0.1) is 34.5 Å². The summed E-state index contributed by atoms with van der Waals surface area (Å²) in [5.41, 5.74) is 0.460. The standard InChI is InChI=1S/C28H50N2O2/c1-5-29(6-2)23-17-22-20-11-10-19-16-25(31)24(30-14-8-7-9-15-30)18-28(19,4)21(20)12-13-27(22,3)26(23)32/h19-26,31-32H,5-18H2,1-4H3/t19?,20-,21-,22+,23?,24?,25?,26?,27+,28+/m1/s1. The highest BCUT2D eigenvalue weighted by Gasteiger charge is 2.63. The van der Waals surface area contributed by atoms with Gasteiger partial charge in [-0.15, -0.1) is 0 Å². The summed E-state index contributed by atoms with van der Waals surface area (Å²) in [4.78, 5) is 5.18. The van der Waals surface area contributed by atoms with Crippen LogP contribution in [-0.4, -0.2) is 70.5 Å². The average molecular weight is 447 g/mol. The molecule has 184 valence electrons. The number of aliphatic hydroxyl groups is 2. The molecule has 32 heavy (non-hydrogen) atoms. The summed E-state index contributed by atoms with van der Waals surface area (Å²) < 4.78 is 0. The molecule has 4 heteroatoms. The first kappa shape index (κ1) is 23.6. The largest absolute Gasteiger partial charge is 0.391 e. The van der Waals surface area contributed by atoms with Crippen molar-refractivity contribution in [3.8, 4) is 0 Å². The number of hydrogen-bond acceptors (Lipinski definition) is 4. The van der Waals surface area contributed by atoms with Crippen molar-refractivity contribution in [1.29, 1.82) is 0 Å². The van der Waals surface area contributed by atoms with E-state index in [9.17, 15) is 10.2 Å². The number of piperidine rings is 1. The van der Waals surface area contributed by atoms with Gasteiger partial charge in [0, 0.05) is 12.1 Å². The van der Waals surface area contributed by atoms with E-state index in [0.717, 1.165) is 31.3 Å². The van der Waals surface area contributed by atoms with E-state index in [1.165, 1.54) is 70.9 Å². The summed E-state index contributed by atoms with van der Waals surface area (Å²) in [6.45, 7) is 14.0. The van der Waals surface area contributed by atoms with Crippen LogP contribution < -0.4 is 0 Å². The quantitative estimate of drug-likeness (QED) is 0.666. The lowest BCUT2D eigenvalue weighted by atomic mass is 9.44. The zero-order valence-electron chi connectivity index (χ0n) is 21.3. The maximum atomic E-state index is 11.5. The molecule has 10 atom stereocenters. The monoisotopic (exact) mass is 446 g/mol. The molecule has 0 aromatic carbocycles. The molecule has 5 rings (SSSR count). The van der Waals surface area contributed by atoms with Crippen molar-refractivity contribution in [2.75, 3.05) is 26.2 Å². The lowest BCUT2D eigenvalue weighted by molar-refractivity contribution is -0.154. The third-order valence-corrected chi connectivity index (χ3v) is 11.8. The van der Waals surface area contributed by atoms with E-state index in [1.807, 2.05) is 0 Å². The van der Waals surface area contributed by atoms with Crippen LogP contribution >= 0.6 is 0 Å². The topological polar surface area (TPSA) is 46.9 Å². The van der Waals surface area contributed by atoms with Gasteiger partial charge in [0.1, 0.15) is 0 Å². The van der Waals surface area contributed by atoms with Gasteiger partial charge in [0.05, 0.1) is 12.2 Å². The normalized spacial score (nSPS) is 51.8. The summed E-state index contributed by atoms with van der Waals surface area (Å²) in [5, 5.41) is 22.7. The molecule has 0 bridgehead atoms. The second kappa shape index (κ2) is 8.81. The molecule has 0 amide bonds. The SMILES string of the molecule is CCN(CC)C1C[C@H]2[C@@H]3CCC4CC(O)C(N5CCCCC5)C[C@]4(C)[C@@H]3CC[C@]2(C)C1O. The molecule has 5 unspecified atom stereocenters. The Bertz CT molecular complexity index is 662. The van der Waals surface area contributed by atoms with Crippen molar-refractivity contribution < 1.29 is 10.2 Å². The molecule has 4 nitrogen and oxygen atoms in total. The first-order valence-electron chi connectivity index (χ1n) is 14.2. The fraction of sp³-hybridized carbons (Fsp3) is 1.00.